The van der Waals surface area contributed by atoms with Crippen molar-refractivity contribution in [2.45, 2.75) is 33.9 Å². The Hall–Kier alpha value is -1.99. The van der Waals surface area contributed by atoms with Crippen molar-refractivity contribution in [1.29, 1.82) is 0 Å². The molecule has 0 radical (unpaired) electrons. The van der Waals surface area contributed by atoms with Crippen LogP contribution in [0.5, 0.6) is 0 Å². The van der Waals surface area contributed by atoms with Crippen LogP contribution in [0.2, 0.25) is 0 Å². The summed E-state index contributed by atoms with van der Waals surface area (Å²) in [6.07, 6.45) is 5.27. The summed E-state index contributed by atoms with van der Waals surface area (Å²) in [7, 11) is 0. The summed E-state index contributed by atoms with van der Waals surface area (Å²) in [5.74, 6) is 3.32. The van der Waals surface area contributed by atoms with Gasteiger partial charge >= 0.3 is 0 Å². The highest BCUT2D eigenvalue weighted by molar-refractivity contribution is 5.79. The maximum atomic E-state index is 5.27. The highest BCUT2D eigenvalue weighted by Crippen LogP contribution is 2.09. The van der Waals surface area contributed by atoms with E-state index in [-0.39, 0.29) is 0 Å². The molecule has 0 fully saturated rings. The normalized spacial score (nSPS) is 11.3. The predicted octanol–water partition coefficient (Wildman–Crippen LogP) is 2.22. The molecule has 1 aromatic rings. The molecule has 2 N–H and O–H groups in total. The fourth-order valence-corrected chi connectivity index (χ4v) is 2.18. The Morgan fingerprint density at radius 3 is 2.55 bits per heavy atom. The molecular weight excluding hydrogens is 272 g/mol. The quantitative estimate of drug-likeness (QED) is 0.439. The van der Waals surface area contributed by atoms with Crippen LogP contribution in [0.15, 0.2) is 29.3 Å². The van der Waals surface area contributed by atoms with E-state index in [4.69, 9.17) is 6.42 Å². The van der Waals surface area contributed by atoms with Gasteiger partial charge in [0.2, 0.25) is 0 Å². The minimum atomic E-state index is 0.480. The number of nitrogens with one attached hydrogen (secondary N) is 2. The van der Waals surface area contributed by atoms with Crippen molar-refractivity contribution in [3.63, 3.8) is 0 Å². The fraction of sp³-hybridized carbons (Fsp3) is 0.500. The van der Waals surface area contributed by atoms with Gasteiger partial charge in [-0.3, -0.25) is 4.90 Å². The Bertz CT molecular complexity index is 498. The first-order valence-corrected chi connectivity index (χ1v) is 7.99. The van der Waals surface area contributed by atoms with Crippen molar-refractivity contribution in [1.82, 2.24) is 15.5 Å². The third-order valence-corrected chi connectivity index (χ3v) is 3.41. The molecule has 0 spiro atoms. The Morgan fingerprint density at radius 1 is 1.18 bits per heavy atom. The second-order valence-corrected chi connectivity index (χ2v) is 5.03. The first-order chi connectivity index (χ1) is 10.7. The van der Waals surface area contributed by atoms with Crippen LogP contribution in [0, 0.1) is 12.3 Å². The summed E-state index contributed by atoms with van der Waals surface area (Å²) in [4.78, 5) is 6.97. The molecule has 0 heterocycles. The van der Waals surface area contributed by atoms with Gasteiger partial charge in [0.05, 0.1) is 13.1 Å². The van der Waals surface area contributed by atoms with Gasteiger partial charge in [0.25, 0.3) is 0 Å². The Labute approximate surface area is 135 Å². The number of hydrogen-bond acceptors (Lipinski definition) is 2. The standard InChI is InChI=1S/C18H28N4/c1-5-12-20-18(19-6-2)21-14-16-10-9-11-17(13-16)15-22(7-3)8-4/h1,9-11,13H,6-8,12,14-15H2,2-4H3,(H2,19,20,21). The van der Waals surface area contributed by atoms with E-state index in [0.717, 1.165) is 32.1 Å². The third-order valence-electron chi connectivity index (χ3n) is 3.41. The summed E-state index contributed by atoms with van der Waals surface area (Å²) in [6.45, 7) is 11.5. The van der Waals surface area contributed by atoms with Crippen molar-refractivity contribution in [3.05, 3.63) is 35.4 Å². The molecule has 0 aliphatic heterocycles. The molecule has 4 heteroatoms. The summed E-state index contributed by atoms with van der Waals surface area (Å²) in [5.41, 5.74) is 2.54. The van der Waals surface area contributed by atoms with Crippen molar-refractivity contribution >= 4 is 5.96 Å². The molecule has 0 saturated heterocycles. The lowest BCUT2D eigenvalue weighted by molar-refractivity contribution is 0.296. The molecule has 4 nitrogen and oxygen atoms in total. The van der Waals surface area contributed by atoms with Gasteiger partial charge in [0.15, 0.2) is 5.96 Å². The molecule has 1 rings (SSSR count). The fourth-order valence-electron chi connectivity index (χ4n) is 2.18. The van der Waals surface area contributed by atoms with Gasteiger partial charge < -0.3 is 10.6 Å². The maximum Gasteiger partial charge on any atom is 0.192 e. The topological polar surface area (TPSA) is 39.7 Å². The minimum absolute atomic E-state index is 0.480. The molecule has 0 amide bonds. The average molecular weight is 300 g/mol. The second kappa shape index (κ2) is 10.7. The van der Waals surface area contributed by atoms with E-state index in [2.05, 4.69) is 64.6 Å². The van der Waals surface area contributed by atoms with Gasteiger partial charge in [0.1, 0.15) is 0 Å². The zero-order valence-electron chi connectivity index (χ0n) is 14.0. The molecule has 0 aliphatic rings. The van der Waals surface area contributed by atoms with Gasteiger partial charge in [-0.1, -0.05) is 44.0 Å². The van der Waals surface area contributed by atoms with Gasteiger partial charge in [-0.05, 0) is 31.1 Å². The van der Waals surface area contributed by atoms with E-state index in [0.29, 0.717) is 13.1 Å². The first-order valence-electron chi connectivity index (χ1n) is 7.99. The highest BCUT2D eigenvalue weighted by Gasteiger charge is 2.02. The first kappa shape index (κ1) is 18.1. The van der Waals surface area contributed by atoms with Crippen molar-refractivity contribution in [2.75, 3.05) is 26.2 Å². The van der Waals surface area contributed by atoms with E-state index >= 15 is 0 Å². The van der Waals surface area contributed by atoms with Crippen LogP contribution < -0.4 is 10.6 Å². The molecule has 22 heavy (non-hydrogen) atoms. The van der Waals surface area contributed by atoms with Gasteiger partial charge in [0, 0.05) is 13.1 Å². The maximum absolute atomic E-state index is 5.27. The van der Waals surface area contributed by atoms with Crippen LogP contribution in [-0.2, 0) is 13.1 Å². The van der Waals surface area contributed by atoms with Crippen molar-refractivity contribution in [2.24, 2.45) is 4.99 Å². The zero-order valence-corrected chi connectivity index (χ0v) is 14.0. The molecule has 0 bridgehead atoms. The van der Waals surface area contributed by atoms with Crippen molar-refractivity contribution in [3.8, 4) is 12.3 Å². The Balaban J connectivity index is 2.70. The summed E-state index contributed by atoms with van der Waals surface area (Å²) < 4.78 is 0. The molecule has 120 valence electrons. The molecule has 0 aromatic heterocycles. The number of aliphatic imine (C=N–C) groups is 1. The van der Waals surface area contributed by atoms with Gasteiger partial charge in [-0.25, -0.2) is 4.99 Å². The zero-order chi connectivity index (χ0) is 16.2. The summed E-state index contributed by atoms with van der Waals surface area (Å²) in [5, 5.41) is 6.29. The lowest BCUT2D eigenvalue weighted by atomic mass is 10.1. The van der Waals surface area contributed by atoms with Crippen LogP contribution in [0.3, 0.4) is 0 Å². The van der Waals surface area contributed by atoms with E-state index in [1.807, 2.05) is 6.92 Å². The van der Waals surface area contributed by atoms with E-state index < -0.39 is 0 Å². The van der Waals surface area contributed by atoms with E-state index in [1.54, 1.807) is 0 Å². The number of hydrogen-bond donors (Lipinski definition) is 2. The lowest BCUT2D eigenvalue weighted by Crippen LogP contribution is -2.37. The Morgan fingerprint density at radius 2 is 1.91 bits per heavy atom. The molecule has 0 unspecified atom stereocenters. The molecule has 0 atom stereocenters. The monoisotopic (exact) mass is 300 g/mol. The minimum Gasteiger partial charge on any atom is -0.357 e. The summed E-state index contributed by atoms with van der Waals surface area (Å²) in [6, 6.07) is 8.62. The molecule has 0 aliphatic carbocycles. The third kappa shape index (κ3) is 6.64. The Kier molecular flexibility index (Phi) is 8.78. The number of rotatable bonds is 8. The van der Waals surface area contributed by atoms with Crippen LogP contribution in [0.4, 0.5) is 0 Å². The number of benzene rings is 1. The SMILES string of the molecule is C#CCNC(=NCc1cccc(CN(CC)CC)c1)NCC. The highest BCUT2D eigenvalue weighted by atomic mass is 15.2. The summed E-state index contributed by atoms with van der Waals surface area (Å²) >= 11 is 0. The number of guanidine groups is 1. The average Bonchev–Trinajstić information content (AvgIpc) is 2.55. The molecule has 0 saturated carbocycles. The van der Waals surface area contributed by atoms with E-state index in [1.165, 1.54) is 11.1 Å². The van der Waals surface area contributed by atoms with Gasteiger partial charge in [-0.15, -0.1) is 6.42 Å². The lowest BCUT2D eigenvalue weighted by Gasteiger charge is -2.18. The van der Waals surface area contributed by atoms with Crippen LogP contribution in [0.25, 0.3) is 0 Å². The second-order valence-electron chi connectivity index (χ2n) is 5.03. The van der Waals surface area contributed by atoms with E-state index in [9.17, 15) is 0 Å². The molecule has 1 aromatic carbocycles. The smallest absolute Gasteiger partial charge is 0.192 e. The predicted molar refractivity (Wildman–Crippen MR) is 94.7 cm³/mol. The number of nitrogens with zero attached hydrogens (tertiary/aromatic N) is 2. The largest absolute Gasteiger partial charge is 0.357 e. The molecular formula is C18H28N4. The van der Waals surface area contributed by atoms with Crippen LogP contribution >= 0.6 is 0 Å². The van der Waals surface area contributed by atoms with Crippen molar-refractivity contribution < 1.29 is 0 Å². The number of terminal acetylenes is 1. The van der Waals surface area contributed by atoms with Gasteiger partial charge in [-0.2, -0.15) is 0 Å². The van der Waals surface area contributed by atoms with Crippen LogP contribution in [0.1, 0.15) is 31.9 Å². The van der Waals surface area contributed by atoms with Crippen LogP contribution in [-0.4, -0.2) is 37.0 Å².